The number of hydrogen-bond donors (Lipinski definition) is 3. The Kier molecular flexibility index (Phi) is 39.8. The number of piperidine rings is 6. The van der Waals surface area contributed by atoms with E-state index in [9.17, 15) is 54.4 Å². The minimum atomic E-state index is -2.62. The Labute approximate surface area is 812 Å². The summed E-state index contributed by atoms with van der Waals surface area (Å²) in [5.41, 5.74) is 7.45. The molecule has 2 unspecified atom stereocenters. The lowest BCUT2D eigenvalue weighted by Crippen LogP contribution is -2.56. The Bertz CT molecular complexity index is 4730. The van der Waals surface area contributed by atoms with Crippen LogP contribution in [0.2, 0.25) is 4.34 Å². The van der Waals surface area contributed by atoms with Gasteiger partial charge in [0.1, 0.15) is 0 Å². The fourth-order valence-electron chi connectivity index (χ4n) is 21.1. The Morgan fingerprint density at radius 2 is 0.858 bits per heavy atom. The number of urea groups is 1. The van der Waals surface area contributed by atoms with Gasteiger partial charge in [0, 0.05) is 127 Å². The zero-order valence-corrected chi connectivity index (χ0v) is 85.9. The molecule has 0 radical (unpaired) electrons. The molecule has 4 amide bonds. The molecule has 6 saturated heterocycles. The van der Waals surface area contributed by atoms with Crippen molar-refractivity contribution in [1.29, 1.82) is 31.6 Å². The zero-order valence-electron chi connectivity index (χ0n) is 84.3. The molecule has 3 aromatic carbocycles. The average Bonchev–Trinajstić information content (AvgIpc) is 1.04. The number of ether oxygens (including phenoxy) is 1. The number of halogens is 3. The number of likely N-dealkylation sites (tertiary alicyclic amines) is 6. The van der Waals surface area contributed by atoms with Crippen molar-refractivity contribution < 1.29 is 38.1 Å². The van der Waals surface area contributed by atoms with Gasteiger partial charge in [-0.05, 0) is 234 Å². The lowest BCUT2D eigenvalue weighted by Gasteiger charge is -2.50. The van der Waals surface area contributed by atoms with Crippen molar-refractivity contribution in [1.82, 2.24) is 39.7 Å². The van der Waals surface area contributed by atoms with E-state index in [1.807, 2.05) is 106 Å². The van der Waals surface area contributed by atoms with E-state index in [1.54, 1.807) is 4.90 Å². The van der Waals surface area contributed by atoms with Crippen LogP contribution in [0.1, 0.15) is 300 Å². The summed E-state index contributed by atoms with van der Waals surface area (Å²) in [5, 5.41) is 80.1. The monoisotopic (exact) mass is 1880 g/mol. The number of benzene rings is 3. The van der Waals surface area contributed by atoms with Crippen molar-refractivity contribution in [3.05, 3.63) is 147 Å². The maximum Gasteiger partial charge on any atom is 0.409 e. The van der Waals surface area contributed by atoms with Crippen LogP contribution >= 0.6 is 22.9 Å². The van der Waals surface area contributed by atoms with Crippen LogP contribution in [0.25, 0.3) is 11.3 Å². The first-order valence-corrected chi connectivity index (χ1v) is 50.4. The van der Waals surface area contributed by atoms with E-state index in [1.165, 1.54) is 35.3 Å². The number of aliphatic hydroxyl groups excluding tert-OH is 2. The number of aliphatic hydroxyl groups is 2. The van der Waals surface area contributed by atoms with Crippen LogP contribution in [0.4, 0.5) is 18.4 Å². The van der Waals surface area contributed by atoms with Gasteiger partial charge in [-0.15, -0.1) is 11.3 Å². The number of aromatic nitrogens is 1. The van der Waals surface area contributed by atoms with Gasteiger partial charge in [0.15, 0.2) is 0 Å². The highest BCUT2D eigenvalue weighted by molar-refractivity contribution is 7.14. The zero-order chi connectivity index (χ0) is 98.8. The van der Waals surface area contributed by atoms with Gasteiger partial charge in [0.05, 0.1) is 78.2 Å². The van der Waals surface area contributed by atoms with E-state index in [0.29, 0.717) is 90.2 Å². The molecule has 5 aromatic rings. The van der Waals surface area contributed by atoms with Crippen molar-refractivity contribution >= 4 is 41.0 Å². The summed E-state index contributed by atoms with van der Waals surface area (Å²) in [4.78, 5) is 53.8. The third kappa shape index (κ3) is 30.0. The minimum Gasteiger partial charge on any atom is -0.449 e. The van der Waals surface area contributed by atoms with Gasteiger partial charge in [-0.25, -0.2) is 18.4 Å². The van der Waals surface area contributed by atoms with Crippen LogP contribution in [0.5, 0.6) is 0 Å². The molecule has 0 bridgehead atoms. The lowest BCUT2D eigenvalue weighted by molar-refractivity contribution is -0.134. The fourth-order valence-corrected chi connectivity index (χ4v) is 21.9. The molecule has 732 valence electrons. The van der Waals surface area contributed by atoms with Crippen LogP contribution in [0.3, 0.4) is 0 Å². The maximum absolute atomic E-state index is 12.8. The number of carbonyl (C=O) groups excluding carboxylic acids is 3. The first kappa shape index (κ1) is 111. The summed E-state index contributed by atoms with van der Waals surface area (Å²) in [6, 6.07) is 49.8. The number of alkyl halides is 2. The molecule has 20 nitrogen and oxygen atoms in total. The highest BCUT2D eigenvalue weighted by Gasteiger charge is 2.52. The number of pyridine rings is 1. The third-order valence-corrected chi connectivity index (χ3v) is 33.8. The van der Waals surface area contributed by atoms with Crippen LogP contribution < -0.4 is 5.32 Å². The van der Waals surface area contributed by atoms with E-state index < -0.39 is 18.1 Å². The van der Waals surface area contributed by atoms with Gasteiger partial charge in [-0.2, -0.15) is 31.6 Å². The number of amides is 4. The van der Waals surface area contributed by atoms with Gasteiger partial charge in [-0.1, -0.05) is 233 Å². The molecule has 24 heteroatoms. The molecular formula is C110H159ClF2N14O6S. The maximum atomic E-state index is 12.8. The van der Waals surface area contributed by atoms with E-state index in [2.05, 4.69) is 210 Å². The second kappa shape index (κ2) is 48.1. The van der Waals surface area contributed by atoms with Crippen LogP contribution in [0, 0.1) is 139 Å². The fraction of sp³-hybridized carbons (Fsp3) is 0.673. The molecule has 134 heavy (non-hydrogen) atoms. The average molecular weight is 1880 g/mol. The van der Waals surface area contributed by atoms with Crippen LogP contribution in [0.15, 0.2) is 121 Å². The number of nitriles is 6. The SMILES string of the molecule is CC(C)(C)C1(CC#N)CCN(C(=O)Cc2ccccc2)CC1.CC(C)(C)C1(CC#N)CCN(C(=O)NC2CC(F)(F)C2)CC1.CC(C)(C)C1(CC#N)CCN(C(=O)OCC2CC2)CC1.CC(C)(C)C1(CC#N)CCN(C(CO)c2ccccc2)CC1.CC(C)(C)C1(CC#N)CCN(CC(O)c2ccccc2)CC1.CC(C)(C)C1(CC#N)CCN(Cc2ccc(-c3csc(Cl)c3)nc2)CC1. The first-order chi connectivity index (χ1) is 63.0. The second-order valence-electron chi connectivity index (χ2n) is 46.0. The number of carbonyl (C=O) groups is 3. The highest BCUT2D eigenvalue weighted by atomic mass is 35.5. The van der Waals surface area contributed by atoms with Gasteiger partial charge >= 0.3 is 12.1 Å². The van der Waals surface area contributed by atoms with Crippen molar-refractivity contribution in [3.63, 3.8) is 0 Å². The molecule has 0 spiro atoms. The van der Waals surface area contributed by atoms with Crippen molar-refractivity contribution in [2.75, 3.05) is 98.3 Å². The first-order valence-electron chi connectivity index (χ1n) is 49.1. The molecule has 2 aliphatic carbocycles. The number of nitrogens with one attached hydrogen (secondary N) is 1. The largest absolute Gasteiger partial charge is 0.449 e. The number of nitrogens with zero attached hydrogens (tertiary/aromatic N) is 13. The Balaban J connectivity index is 0.000000198. The van der Waals surface area contributed by atoms with Crippen LogP contribution in [-0.4, -0.2) is 173 Å². The smallest absolute Gasteiger partial charge is 0.409 e. The van der Waals surface area contributed by atoms with E-state index in [-0.39, 0.29) is 109 Å². The molecule has 6 aliphatic heterocycles. The molecule has 2 atom stereocenters. The predicted molar refractivity (Wildman–Crippen MR) is 532 cm³/mol. The summed E-state index contributed by atoms with van der Waals surface area (Å²) >= 11 is 7.54. The molecular weight excluding hydrogens is 1720 g/mol. The molecule has 2 saturated carbocycles. The number of thiophene rings is 1. The summed E-state index contributed by atoms with van der Waals surface area (Å²) in [6.07, 6.45) is 18.7. The molecule has 2 aromatic heterocycles. The summed E-state index contributed by atoms with van der Waals surface area (Å²) < 4.78 is 31.7. The minimum absolute atomic E-state index is 0.00132. The topological polar surface area (TPSA) is 288 Å². The molecule has 8 aliphatic rings. The predicted octanol–water partition coefficient (Wildman–Crippen LogP) is 24.4. The lowest BCUT2D eigenvalue weighted by atomic mass is 9.60. The number of hydrogen-bond acceptors (Lipinski definition) is 17. The van der Waals surface area contributed by atoms with Gasteiger partial charge in [0.25, 0.3) is 5.92 Å². The molecule has 13 rings (SSSR count). The standard InChI is InChI=1S/C21H26ClN3S.2C19H28N2O.C19H26N2O.C16H25F2N3O.C16H26N2O2/c1-20(2,3)21(6-9-23)7-10-25(11-8-21)14-16-4-5-18(24-13-16)17-12-19(22)26-15-17;1-18(2,3)19(9-12-20)10-13-21(14-11-19)17(15-22)16-7-5-4-6-8-16;1-18(2,3)19(9-12-20)10-13-21(14-11-19)15-17(22)16-7-5-4-6-8-16;1-18(2,3)19(9-12-20)10-13-21(14-11-19)17(22)15-16-7-5-4-6-8-16;1-14(2,3)15(4-7-19)5-8-21(9-6-15)13(22)20-12-10-16(17,18)11-12;1-15(2,3)16(6-9-17)7-10-18(11-8-16)14(19)20-12-13-4-5-13/h4-5,12-13,15H,6-8,10-11,14H2,1-3H3;2*4-8,17,22H,9-11,13-15H2,1-3H3;4-8H,9-11,13-15H2,1-3H3;12H,4-6,8-11H2,1-3H3,(H,20,22);13H,4-8,10-12H2,1-3H3. The van der Waals surface area contributed by atoms with E-state index >= 15 is 0 Å². The Morgan fingerprint density at radius 3 is 1.21 bits per heavy atom. The Hall–Kier alpha value is -8.59. The number of rotatable bonds is 20. The van der Waals surface area contributed by atoms with E-state index in [4.69, 9.17) is 26.9 Å². The van der Waals surface area contributed by atoms with Crippen molar-refractivity contribution in [2.24, 2.45) is 70.9 Å². The summed E-state index contributed by atoms with van der Waals surface area (Å²) in [5.74, 6) is -1.81. The highest BCUT2D eigenvalue weighted by Crippen LogP contribution is 2.56. The van der Waals surface area contributed by atoms with Crippen LogP contribution in [-0.2, 0) is 22.5 Å². The number of β-amino-alcohol motifs (C(OH)–C–C–N with tert-alkyl or cyclic N) is 1. The third-order valence-electron chi connectivity index (χ3n) is 32.8. The summed E-state index contributed by atoms with van der Waals surface area (Å²) in [7, 11) is 0. The normalized spacial score (nSPS) is 20.4. The second-order valence-corrected chi connectivity index (χ2v) is 47.5. The van der Waals surface area contributed by atoms with Crippen molar-refractivity contribution in [3.8, 4) is 47.7 Å². The molecule has 3 N–H and O–H groups in total. The van der Waals surface area contributed by atoms with Gasteiger partial charge < -0.3 is 39.9 Å². The Morgan fingerprint density at radius 1 is 0.493 bits per heavy atom. The van der Waals surface area contributed by atoms with Crippen molar-refractivity contribution in [2.45, 2.75) is 303 Å². The van der Waals surface area contributed by atoms with Gasteiger partial charge in [0.2, 0.25) is 5.91 Å². The van der Waals surface area contributed by atoms with Gasteiger partial charge in [-0.3, -0.25) is 19.6 Å². The molecule has 8 fully saturated rings. The quantitative estimate of drug-likeness (QED) is 0.0652. The van der Waals surface area contributed by atoms with E-state index in [0.717, 1.165) is 163 Å². The summed E-state index contributed by atoms with van der Waals surface area (Å²) in [6.45, 7) is 52.3. The molecule has 8 heterocycles.